The van der Waals surface area contributed by atoms with Crippen molar-refractivity contribution in [2.45, 2.75) is 51.9 Å². The molecule has 0 amide bonds. The number of nitrogens with zero attached hydrogens (tertiary/aromatic N) is 2. The Hall–Kier alpha value is -1.16. The van der Waals surface area contributed by atoms with Crippen LogP contribution in [0.2, 0.25) is 0 Å². The first-order valence-corrected chi connectivity index (χ1v) is 7.16. The molecular formula is C14H19N3S. The van der Waals surface area contributed by atoms with Gasteiger partial charge in [0, 0.05) is 28.9 Å². The number of fused-ring (bicyclic) bond motifs is 1. The second-order valence-corrected chi connectivity index (χ2v) is 5.75. The van der Waals surface area contributed by atoms with Crippen LogP contribution in [0, 0.1) is 18.5 Å². The number of aryl methyl sites for hydroxylation is 1. The standard InChI is InChI=1S/C14H19N3S/c1-9-10(2)15-13-8-12(16-17(13)14(9)18)11-6-4-3-5-7-11/h8,11,16H,3-7H2,1-2H3. The van der Waals surface area contributed by atoms with E-state index in [1.165, 1.54) is 37.8 Å². The van der Waals surface area contributed by atoms with E-state index in [-0.39, 0.29) is 0 Å². The van der Waals surface area contributed by atoms with Crippen LogP contribution in [0.5, 0.6) is 0 Å². The van der Waals surface area contributed by atoms with Crippen LogP contribution in [-0.4, -0.2) is 14.6 Å². The summed E-state index contributed by atoms with van der Waals surface area (Å²) in [5, 5.41) is 3.45. The van der Waals surface area contributed by atoms with E-state index in [1.807, 2.05) is 18.4 Å². The summed E-state index contributed by atoms with van der Waals surface area (Å²) in [5.74, 6) is 0.662. The van der Waals surface area contributed by atoms with Crippen LogP contribution in [0.25, 0.3) is 5.65 Å². The van der Waals surface area contributed by atoms with E-state index in [2.05, 4.69) is 16.1 Å². The molecule has 0 spiro atoms. The fourth-order valence-electron chi connectivity index (χ4n) is 2.86. The number of hydrogen-bond donors (Lipinski definition) is 1. The second kappa shape index (κ2) is 4.50. The van der Waals surface area contributed by atoms with Gasteiger partial charge in [0.05, 0.1) is 0 Å². The first-order valence-electron chi connectivity index (χ1n) is 6.75. The molecule has 0 bridgehead atoms. The highest BCUT2D eigenvalue weighted by molar-refractivity contribution is 7.71. The third kappa shape index (κ3) is 1.88. The van der Waals surface area contributed by atoms with Gasteiger partial charge in [-0.05, 0) is 26.7 Å². The lowest BCUT2D eigenvalue weighted by atomic mass is 9.87. The molecule has 3 rings (SSSR count). The van der Waals surface area contributed by atoms with Crippen LogP contribution in [0.4, 0.5) is 0 Å². The Morgan fingerprint density at radius 1 is 1.28 bits per heavy atom. The molecule has 1 aliphatic carbocycles. The van der Waals surface area contributed by atoms with Crippen LogP contribution >= 0.6 is 12.2 Å². The van der Waals surface area contributed by atoms with Crippen molar-refractivity contribution < 1.29 is 0 Å². The molecule has 1 aliphatic rings. The molecule has 96 valence electrons. The minimum Gasteiger partial charge on any atom is -0.295 e. The number of hydrogen-bond acceptors (Lipinski definition) is 2. The van der Waals surface area contributed by atoms with Crippen molar-refractivity contribution in [3.63, 3.8) is 0 Å². The molecule has 1 fully saturated rings. The van der Waals surface area contributed by atoms with Crippen molar-refractivity contribution in [2.75, 3.05) is 0 Å². The first-order chi connectivity index (χ1) is 8.66. The minimum atomic E-state index is 0.662. The summed E-state index contributed by atoms with van der Waals surface area (Å²) in [5.41, 5.74) is 4.40. The maximum Gasteiger partial charge on any atom is 0.154 e. The molecule has 1 saturated carbocycles. The molecule has 0 atom stereocenters. The fraction of sp³-hybridized carbons (Fsp3) is 0.571. The van der Waals surface area contributed by atoms with Gasteiger partial charge in [-0.1, -0.05) is 31.5 Å². The number of rotatable bonds is 1. The predicted octanol–water partition coefficient (Wildman–Crippen LogP) is 4.06. The normalized spacial score (nSPS) is 17.4. The van der Waals surface area contributed by atoms with E-state index in [9.17, 15) is 0 Å². The summed E-state index contributed by atoms with van der Waals surface area (Å²) in [4.78, 5) is 4.62. The van der Waals surface area contributed by atoms with Crippen molar-refractivity contribution in [1.82, 2.24) is 14.6 Å². The molecule has 0 saturated heterocycles. The van der Waals surface area contributed by atoms with Crippen molar-refractivity contribution in [1.29, 1.82) is 0 Å². The van der Waals surface area contributed by atoms with E-state index in [0.717, 1.165) is 21.5 Å². The number of aromatic nitrogens is 3. The molecule has 2 heterocycles. The van der Waals surface area contributed by atoms with Crippen LogP contribution < -0.4 is 0 Å². The van der Waals surface area contributed by atoms with Crippen molar-refractivity contribution in [2.24, 2.45) is 0 Å². The van der Waals surface area contributed by atoms with E-state index >= 15 is 0 Å². The Bertz CT molecular complexity index is 632. The Morgan fingerprint density at radius 3 is 2.72 bits per heavy atom. The van der Waals surface area contributed by atoms with Crippen LogP contribution in [0.3, 0.4) is 0 Å². The Labute approximate surface area is 112 Å². The zero-order chi connectivity index (χ0) is 12.7. The van der Waals surface area contributed by atoms with Gasteiger partial charge < -0.3 is 0 Å². The summed E-state index contributed by atoms with van der Waals surface area (Å²) in [6, 6.07) is 2.18. The summed E-state index contributed by atoms with van der Waals surface area (Å²) in [6.07, 6.45) is 6.65. The van der Waals surface area contributed by atoms with Gasteiger partial charge >= 0.3 is 0 Å². The third-order valence-electron chi connectivity index (χ3n) is 4.15. The van der Waals surface area contributed by atoms with E-state index in [0.29, 0.717) is 5.92 Å². The van der Waals surface area contributed by atoms with Crippen molar-refractivity contribution >= 4 is 17.9 Å². The molecule has 1 N–H and O–H groups in total. The smallest absolute Gasteiger partial charge is 0.154 e. The molecule has 4 heteroatoms. The topological polar surface area (TPSA) is 33.1 Å². The van der Waals surface area contributed by atoms with Gasteiger partial charge in [-0.25, -0.2) is 9.50 Å². The monoisotopic (exact) mass is 261 g/mol. The van der Waals surface area contributed by atoms with Gasteiger partial charge in [-0.15, -0.1) is 0 Å². The van der Waals surface area contributed by atoms with Gasteiger partial charge in [-0.3, -0.25) is 5.10 Å². The maximum absolute atomic E-state index is 5.49. The van der Waals surface area contributed by atoms with Crippen LogP contribution in [0.15, 0.2) is 6.07 Å². The summed E-state index contributed by atoms with van der Waals surface area (Å²) >= 11 is 5.49. The SMILES string of the molecule is Cc1nc2cc(C3CCCCC3)[nH]n2c(=S)c1C. The zero-order valence-electron chi connectivity index (χ0n) is 11.0. The van der Waals surface area contributed by atoms with Gasteiger partial charge in [0.1, 0.15) is 4.64 Å². The van der Waals surface area contributed by atoms with Crippen molar-refractivity contribution in [3.05, 3.63) is 27.7 Å². The average Bonchev–Trinajstić information content (AvgIpc) is 2.81. The highest BCUT2D eigenvalue weighted by atomic mass is 32.1. The maximum atomic E-state index is 5.49. The van der Waals surface area contributed by atoms with Gasteiger partial charge in [0.25, 0.3) is 0 Å². The lowest BCUT2D eigenvalue weighted by molar-refractivity contribution is 0.435. The molecule has 2 aromatic rings. The Balaban J connectivity index is 2.10. The Morgan fingerprint density at radius 2 is 2.00 bits per heavy atom. The molecular weight excluding hydrogens is 242 g/mol. The zero-order valence-corrected chi connectivity index (χ0v) is 11.8. The fourth-order valence-corrected chi connectivity index (χ4v) is 3.15. The molecule has 2 aromatic heterocycles. The molecule has 3 nitrogen and oxygen atoms in total. The van der Waals surface area contributed by atoms with Gasteiger partial charge in [0.2, 0.25) is 0 Å². The third-order valence-corrected chi connectivity index (χ3v) is 4.64. The quantitative estimate of drug-likeness (QED) is 0.785. The average molecular weight is 261 g/mol. The predicted molar refractivity (Wildman–Crippen MR) is 75.7 cm³/mol. The second-order valence-electron chi connectivity index (χ2n) is 5.37. The number of H-pyrrole nitrogens is 1. The van der Waals surface area contributed by atoms with Gasteiger partial charge in [-0.2, -0.15) is 0 Å². The number of nitrogens with one attached hydrogen (secondary N) is 1. The highest BCUT2D eigenvalue weighted by Crippen LogP contribution is 2.32. The van der Waals surface area contributed by atoms with Gasteiger partial charge in [0.15, 0.2) is 5.65 Å². The van der Waals surface area contributed by atoms with E-state index < -0.39 is 0 Å². The number of aromatic amines is 1. The lowest BCUT2D eigenvalue weighted by Crippen LogP contribution is -2.05. The van der Waals surface area contributed by atoms with Crippen molar-refractivity contribution in [3.8, 4) is 0 Å². The lowest BCUT2D eigenvalue weighted by Gasteiger charge is -2.19. The summed E-state index contributed by atoms with van der Waals surface area (Å²) in [7, 11) is 0. The summed E-state index contributed by atoms with van der Waals surface area (Å²) < 4.78 is 2.82. The highest BCUT2D eigenvalue weighted by Gasteiger charge is 2.18. The molecule has 0 aromatic carbocycles. The summed E-state index contributed by atoms with van der Waals surface area (Å²) in [6.45, 7) is 4.07. The van der Waals surface area contributed by atoms with E-state index in [4.69, 9.17) is 12.2 Å². The Kier molecular flexibility index (Phi) is 2.98. The van der Waals surface area contributed by atoms with E-state index in [1.54, 1.807) is 0 Å². The van der Waals surface area contributed by atoms with Crippen LogP contribution in [-0.2, 0) is 0 Å². The molecule has 0 unspecified atom stereocenters. The largest absolute Gasteiger partial charge is 0.295 e. The molecule has 0 radical (unpaired) electrons. The first kappa shape index (κ1) is 11.9. The molecule has 18 heavy (non-hydrogen) atoms. The van der Waals surface area contributed by atoms with Crippen LogP contribution in [0.1, 0.15) is 55.0 Å². The minimum absolute atomic E-state index is 0.662. The molecule has 0 aliphatic heterocycles.